The number of benzene rings is 2. The van der Waals surface area contributed by atoms with Crippen LogP contribution < -0.4 is 15.0 Å². The number of nitrogens with one attached hydrogen (secondary N) is 1. The third-order valence-corrected chi connectivity index (χ3v) is 6.26. The first kappa shape index (κ1) is 28.1. The number of carbonyl (C=O) groups excluding carboxylic acids is 1. The number of methoxy groups -OCH3 is 1. The van der Waals surface area contributed by atoms with Gasteiger partial charge < -0.3 is 30.1 Å². The summed E-state index contributed by atoms with van der Waals surface area (Å²) in [6.45, 7) is 9.22. The zero-order valence-corrected chi connectivity index (χ0v) is 21.7. The highest BCUT2D eigenvalue weighted by molar-refractivity contribution is 6.27. The fourth-order valence-electron chi connectivity index (χ4n) is 4.18. The summed E-state index contributed by atoms with van der Waals surface area (Å²) in [6.07, 6.45) is 3.55. The van der Waals surface area contributed by atoms with Crippen LogP contribution in [-0.4, -0.2) is 77.8 Å². The number of ether oxygens (including phenoxy) is 1. The second kappa shape index (κ2) is 13.2. The van der Waals surface area contributed by atoms with Crippen molar-refractivity contribution in [1.82, 2.24) is 9.88 Å². The summed E-state index contributed by atoms with van der Waals surface area (Å²) >= 11 is 0. The Kier molecular flexibility index (Phi) is 9.78. The van der Waals surface area contributed by atoms with Crippen molar-refractivity contribution in [3.8, 4) is 16.9 Å². The third kappa shape index (κ3) is 7.30. The lowest BCUT2D eigenvalue weighted by Gasteiger charge is -2.36. The topological polar surface area (TPSA) is 132 Å². The van der Waals surface area contributed by atoms with Gasteiger partial charge in [-0.2, -0.15) is 0 Å². The number of likely N-dealkylation sites (N-methyl/N-ethyl adjacent to an activating group) is 1. The Labute approximate surface area is 221 Å². The molecule has 1 fully saturated rings. The van der Waals surface area contributed by atoms with Crippen LogP contribution in [0.3, 0.4) is 0 Å². The molecule has 0 unspecified atom stereocenters. The van der Waals surface area contributed by atoms with Gasteiger partial charge in [-0.05, 0) is 72.6 Å². The number of carboxylic acid groups (broad SMARTS) is 2. The number of carbonyl (C=O) groups is 3. The van der Waals surface area contributed by atoms with Gasteiger partial charge in [0.2, 0.25) is 0 Å². The summed E-state index contributed by atoms with van der Waals surface area (Å²) in [5.74, 6) is -2.95. The normalized spacial score (nSPS) is 13.2. The zero-order chi connectivity index (χ0) is 27.7. The van der Waals surface area contributed by atoms with E-state index in [0.29, 0.717) is 5.56 Å². The number of hydrogen-bond donors (Lipinski definition) is 3. The monoisotopic (exact) mass is 520 g/mol. The van der Waals surface area contributed by atoms with E-state index in [4.69, 9.17) is 24.5 Å². The molecule has 1 aliphatic rings. The number of pyridine rings is 1. The van der Waals surface area contributed by atoms with Crippen LogP contribution in [0.4, 0.5) is 11.4 Å². The van der Waals surface area contributed by atoms with E-state index in [2.05, 4.69) is 27.0 Å². The van der Waals surface area contributed by atoms with Crippen LogP contribution in [0.15, 0.2) is 60.9 Å². The SMILES string of the molecule is CCN1CCN(c2cc(NC(=O)c3ccc(-c4ccncc4)c(C)c3)ccc2OC)CC1.O=C(O)C(=O)O. The van der Waals surface area contributed by atoms with E-state index in [1.54, 1.807) is 19.5 Å². The summed E-state index contributed by atoms with van der Waals surface area (Å²) in [5.41, 5.74) is 5.65. The number of anilines is 2. The van der Waals surface area contributed by atoms with Gasteiger partial charge in [0.15, 0.2) is 0 Å². The maximum Gasteiger partial charge on any atom is 0.414 e. The number of piperazine rings is 1. The molecule has 2 heterocycles. The minimum absolute atomic E-state index is 0.124. The lowest BCUT2D eigenvalue weighted by molar-refractivity contribution is -0.159. The molecule has 0 aliphatic carbocycles. The molecule has 1 saturated heterocycles. The number of hydrogen-bond acceptors (Lipinski definition) is 7. The van der Waals surface area contributed by atoms with Crippen LogP contribution in [0.2, 0.25) is 0 Å². The molecule has 200 valence electrons. The van der Waals surface area contributed by atoms with Crippen LogP contribution >= 0.6 is 0 Å². The molecule has 10 nitrogen and oxygen atoms in total. The Morgan fingerprint density at radius 2 is 1.61 bits per heavy atom. The fourth-order valence-corrected chi connectivity index (χ4v) is 4.18. The predicted octanol–water partition coefficient (Wildman–Crippen LogP) is 3.62. The highest BCUT2D eigenvalue weighted by atomic mass is 16.5. The molecule has 1 amide bonds. The number of nitrogens with zero attached hydrogens (tertiary/aromatic N) is 3. The van der Waals surface area contributed by atoms with E-state index >= 15 is 0 Å². The van der Waals surface area contributed by atoms with E-state index in [9.17, 15) is 4.79 Å². The van der Waals surface area contributed by atoms with Gasteiger partial charge in [0.1, 0.15) is 5.75 Å². The maximum atomic E-state index is 13.0. The van der Waals surface area contributed by atoms with Gasteiger partial charge in [-0.1, -0.05) is 13.0 Å². The molecule has 38 heavy (non-hydrogen) atoms. The standard InChI is InChI=1S/C26H30N4O2.C2H2O4/c1-4-29-13-15-30(16-14-29)24-18-22(6-8-25(24)32-3)28-26(31)21-5-7-23(19(2)17-21)20-9-11-27-12-10-20;3-1(4)2(5)6/h5-12,17-18H,4,13-16H2,1-3H3,(H,28,31);(H,3,4)(H,5,6). The van der Waals surface area contributed by atoms with Crippen molar-refractivity contribution in [2.45, 2.75) is 13.8 Å². The Hall–Kier alpha value is -4.44. The van der Waals surface area contributed by atoms with Crippen LogP contribution in [0.5, 0.6) is 5.75 Å². The summed E-state index contributed by atoms with van der Waals surface area (Å²) in [4.78, 5) is 40.0. The third-order valence-electron chi connectivity index (χ3n) is 6.26. The van der Waals surface area contributed by atoms with Crippen molar-refractivity contribution in [3.63, 3.8) is 0 Å². The molecule has 0 spiro atoms. The minimum Gasteiger partial charge on any atom is -0.495 e. The lowest BCUT2D eigenvalue weighted by Crippen LogP contribution is -2.46. The molecule has 2 aromatic carbocycles. The van der Waals surface area contributed by atoms with Crippen molar-refractivity contribution in [2.24, 2.45) is 0 Å². The maximum absolute atomic E-state index is 13.0. The van der Waals surface area contributed by atoms with Gasteiger partial charge in [-0.25, -0.2) is 9.59 Å². The van der Waals surface area contributed by atoms with Gasteiger partial charge in [-0.3, -0.25) is 9.78 Å². The minimum atomic E-state index is -1.82. The van der Waals surface area contributed by atoms with Crippen molar-refractivity contribution in [1.29, 1.82) is 0 Å². The van der Waals surface area contributed by atoms with E-state index in [-0.39, 0.29) is 5.91 Å². The van der Waals surface area contributed by atoms with E-state index in [0.717, 1.165) is 66.5 Å². The molecule has 3 aromatic rings. The second-order valence-corrected chi connectivity index (χ2v) is 8.64. The van der Waals surface area contributed by atoms with Crippen LogP contribution in [0.25, 0.3) is 11.1 Å². The summed E-state index contributed by atoms with van der Waals surface area (Å²) in [6, 6.07) is 15.6. The first-order chi connectivity index (χ1) is 18.2. The van der Waals surface area contributed by atoms with Crippen molar-refractivity contribution in [3.05, 3.63) is 72.1 Å². The molecule has 1 aliphatic heterocycles. The van der Waals surface area contributed by atoms with Crippen molar-refractivity contribution >= 4 is 29.2 Å². The average molecular weight is 521 g/mol. The number of amides is 1. The summed E-state index contributed by atoms with van der Waals surface area (Å²) < 4.78 is 5.59. The first-order valence-corrected chi connectivity index (χ1v) is 12.2. The number of aromatic nitrogens is 1. The van der Waals surface area contributed by atoms with Gasteiger partial charge in [0, 0.05) is 49.8 Å². The Bertz CT molecular complexity index is 1260. The molecule has 0 atom stereocenters. The quantitative estimate of drug-likeness (QED) is 0.417. The molecule has 10 heteroatoms. The van der Waals surface area contributed by atoms with Crippen molar-refractivity contribution in [2.75, 3.05) is 50.1 Å². The average Bonchev–Trinajstić information content (AvgIpc) is 2.93. The summed E-state index contributed by atoms with van der Waals surface area (Å²) in [7, 11) is 1.69. The summed E-state index contributed by atoms with van der Waals surface area (Å²) in [5, 5.41) is 17.8. The van der Waals surface area contributed by atoms with Gasteiger partial charge in [0.05, 0.1) is 12.8 Å². The number of aryl methyl sites for hydroxylation is 1. The largest absolute Gasteiger partial charge is 0.495 e. The predicted molar refractivity (Wildman–Crippen MR) is 145 cm³/mol. The molecular weight excluding hydrogens is 488 g/mol. The first-order valence-electron chi connectivity index (χ1n) is 12.2. The second-order valence-electron chi connectivity index (χ2n) is 8.64. The molecule has 0 bridgehead atoms. The lowest BCUT2D eigenvalue weighted by atomic mass is 9.99. The molecular formula is C28H32N4O6. The van der Waals surface area contributed by atoms with E-state index < -0.39 is 11.9 Å². The molecule has 4 rings (SSSR count). The van der Waals surface area contributed by atoms with Gasteiger partial charge >= 0.3 is 11.9 Å². The Morgan fingerprint density at radius 3 is 2.16 bits per heavy atom. The van der Waals surface area contributed by atoms with E-state index in [1.807, 2.05) is 55.5 Å². The fraction of sp³-hybridized carbons (Fsp3) is 0.286. The zero-order valence-electron chi connectivity index (χ0n) is 21.7. The molecule has 1 aromatic heterocycles. The smallest absolute Gasteiger partial charge is 0.414 e. The van der Waals surface area contributed by atoms with Crippen LogP contribution in [0, 0.1) is 6.92 Å². The van der Waals surface area contributed by atoms with Gasteiger partial charge in [0.25, 0.3) is 5.91 Å². The molecule has 0 radical (unpaired) electrons. The number of carboxylic acids is 2. The van der Waals surface area contributed by atoms with Gasteiger partial charge in [-0.15, -0.1) is 0 Å². The number of aliphatic carboxylic acids is 2. The van der Waals surface area contributed by atoms with Crippen LogP contribution in [0.1, 0.15) is 22.8 Å². The highest BCUT2D eigenvalue weighted by Crippen LogP contribution is 2.32. The highest BCUT2D eigenvalue weighted by Gasteiger charge is 2.20. The molecule has 0 saturated carbocycles. The molecule has 3 N–H and O–H groups in total. The Morgan fingerprint density at radius 1 is 0.947 bits per heavy atom. The number of rotatable bonds is 6. The van der Waals surface area contributed by atoms with Crippen LogP contribution in [-0.2, 0) is 9.59 Å². The van der Waals surface area contributed by atoms with Crippen molar-refractivity contribution < 1.29 is 29.3 Å². The van der Waals surface area contributed by atoms with E-state index in [1.165, 1.54) is 0 Å². The Balaban J connectivity index is 0.000000599.